The van der Waals surface area contributed by atoms with Gasteiger partial charge in [0, 0.05) is 0 Å². The average molecular weight is 280 g/mol. The fourth-order valence-electron chi connectivity index (χ4n) is 2.28. The maximum Gasteiger partial charge on any atom is 0.338 e. The van der Waals surface area contributed by atoms with Gasteiger partial charge in [0.2, 0.25) is 5.76 Å². The number of fused-ring (bicyclic) bond motifs is 1. The van der Waals surface area contributed by atoms with Crippen molar-refractivity contribution < 1.29 is 9.45 Å². The number of rotatable bonds is 3. The summed E-state index contributed by atoms with van der Waals surface area (Å²) in [5.74, 6) is 0.158. The van der Waals surface area contributed by atoms with Crippen LogP contribution in [-0.4, -0.2) is 10.1 Å². The molecule has 0 spiro atoms. The van der Waals surface area contributed by atoms with Crippen LogP contribution >= 0.6 is 0 Å². The lowest BCUT2D eigenvalue weighted by atomic mass is 10.0. The molecule has 21 heavy (non-hydrogen) atoms. The highest BCUT2D eigenvalue weighted by molar-refractivity contribution is 5.92. The zero-order chi connectivity index (χ0) is 14.8. The van der Waals surface area contributed by atoms with Crippen LogP contribution in [-0.2, 0) is 0 Å². The van der Waals surface area contributed by atoms with E-state index in [1.807, 2.05) is 42.5 Å². The van der Waals surface area contributed by atoms with Crippen LogP contribution in [0.2, 0.25) is 0 Å². The minimum atomic E-state index is -0.478. The van der Waals surface area contributed by atoms with Gasteiger partial charge in [-0.1, -0.05) is 53.7 Å². The topological polar surface area (TPSA) is 69.2 Å². The number of hydrogen-bond acceptors (Lipinski definition) is 4. The first-order chi connectivity index (χ1) is 10.2. The van der Waals surface area contributed by atoms with Gasteiger partial charge in [-0.05, 0) is 29.3 Å². The van der Waals surface area contributed by atoms with E-state index < -0.39 is 4.92 Å². The van der Waals surface area contributed by atoms with Crippen LogP contribution in [0, 0.1) is 17.0 Å². The fourth-order valence-corrected chi connectivity index (χ4v) is 2.28. The van der Waals surface area contributed by atoms with E-state index in [1.165, 1.54) is 0 Å². The molecule has 1 aromatic heterocycles. The minimum Gasteiger partial charge on any atom is -0.349 e. The SMILES string of the molecule is Cc1noc(/C=C\c2cccc3ccccc23)c1[N+](=O)[O-]. The Kier molecular flexibility index (Phi) is 3.23. The summed E-state index contributed by atoms with van der Waals surface area (Å²) in [7, 11) is 0. The third kappa shape index (κ3) is 2.41. The Morgan fingerprint density at radius 3 is 2.71 bits per heavy atom. The lowest BCUT2D eigenvalue weighted by Gasteiger charge is -2.00. The summed E-state index contributed by atoms with van der Waals surface area (Å²) in [5, 5.41) is 16.8. The lowest BCUT2D eigenvalue weighted by molar-refractivity contribution is -0.386. The maximum atomic E-state index is 11.0. The van der Waals surface area contributed by atoms with E-state index in [9.17, 15) is 10.1 Å². The zero-order valence-corrected chi connectivity index (χ0v) is 11.3. The highest BCUT2D eigenvalue weighted by Gasteiger charge is 2.21. The van der Waals surface area contributed by atoms with Crippen LogP contribution < -0.4 is 0 Å². The Labute approximate surface area is 120 Å². The van der Waals surface area contributed by atoms with Crippen molar-refractivity contribution in [2.45, 2.75) is 6.92 Å². The van der Waals surface area contributed by atoms with Crippen molar-refractivity contribution in [1.82, 2.24) is 5.16 Å². The predicted octanol–water partition coefficient (Wildman–Crippen LogP) is 4.21. The molecule has 0 atom stereocenters. The number of aryl methyl sites for hydroxylation is 1. The van der Waals surface area contributed by atoms with Crippen molar-refractivity contribution in [3.63, 3.8) is 0 Å². The van der Waals surface area contributed by atoms with Gasteiger partial charge in [-0.25, -0.2) is 0 Å². The van der Waals surface area contributed by atoms with Crippen LogP contribution in [0.25, 0.3) is 22.9 Å². The second kappa shape index (κ2) is 5.20. The first-order valence-electron chi connectivity index (χ1n) is 6.43. The molecule has 5 nitrogen and oxygen atoms in total. The molecule has 0 radical (unpaired) electrons. The standard InChI is InChI=1S/C16H12N2O3/c1-11-16(18(19)20)15(21-17-11)10-9-13-7-4-6-12-5-2-3-8-14(12)13/h2-10H,1H3/b10-9-. The van der Waals surface area contributed by atoms with Crippen LogP contribution in [0.1, 0.15) is 17.0 Å². The normalized spacial score (nSPS) is 11.3. The van der Waals surface area contributed by atoms with Gasteiger partial charge in [-0.3, -0.25) is 10.1 Å². The number of nitro groups is 1. The van der Waals surface area contributed by atoms with Crippen molar-refractivity contribution in [3.8, 4) is 0 Å². The Bertz CT molecular complexity index is 844. The number of hydrogen-bond donors (Lipinski definition) is 0. The molecule has 0 fully saturated rings. The molecule has 104 valence electrons. The molecule has 1 heterocycles. The number of benzene rings is 2. The van der Waals surface area contributed by atoms with Gasteiger partial charge in [0.05, 0.1) is 4.92 Å². The average Bonchev–Trinajstić information content (AvgIpc) is 2.86. The van der Waals surface area contributed by atoms with Crippen LogP contribution in [0.15, 0.2) is 47.0 Å². The Morgan fingerprint density at radius 2 is 1.90 bits per heavy atom. The summed E-state index contributed by atoms with van der Waals surface area (Å²) >= 11 is 0. The van der Waals surface area contributed by atoms with E-state index in [2.05, 4.69) is 5.16 Å². The predicted molar refractivity (Wildman–Crippen MR) is 80.8 cm³/mol. The van der Waals surface area contributed by atoms with Crippen molar-refractivity contribution in [3.05, 3.63) is 69.6 Å². The first kappa shape index (κ1) is 13.1. The van der Waals surface area contributed by atoms with Gasteiger partial charge >= 0.3 is 5.69 Å². The molecular weight excluding hydrogens is 268 g/mol. The summed E-state index contributed by atoms with van der Waals surface area (Å²) in [6.07, 6.45) is 3.38. The van der Waals surface area contributed by atoms with E-state index in [0.29, 0.717) is 0 Å². The van der Waals surface area contributed by atoms with E-state index in [0.717, 1.165) is 16.3 Å². The van der Waals surface area contributed by atoms with E-state index in [4.69, 9.17) is 4.52 Å². The molecular formula is C16H12N2O3. The van der Waals surface area contributed by atoms with Crippen LogP contribution in [0.4, 0.5) is 5.69 Å². The van der Waals surface area contributed by atoms with Crippen LogP contribution in [0.5, 0.6) is 0 Å². The van der Waals surface area contributed by atoms with Gasteiger partial charge in [-0.15, -0.1) is 0 Å². The molecule has 3 rings (SSSR count). The monoisotopic (exact) mass is 280 g/mol. The van der Waals surface area contributed by atoms with Gasteiger partial charge in [0.25, 0.3) is 0 Å². The van der Waals surface area contributed by atoms with Gasteiger partial charge in [0.15, 0.2) is 5.69 Å². The van der Waals surface area contributed by atoms with Crippen molar-refractivity contribution >= 4 is 28.6 Å². The quantitative estimate of drug-likeness (QED) is 0.532. The Morgan fingerprint density at radius 1 is 1.14 bits per heavy atom. The lowest BCUT2D eigenvalue weighted by Crippen LogP contribution is -1.90. The van der Waals surface area contributed by atoms with Gasteiger partial charge in [-0.2, -0.15) is 0 Å². The largest absolute Gasteiger partial charge is 0.349 e. The van der Waals surface area contributed by atoms with Crippen molar-refractivity contribution in [2.75, 3.05) is 0 Å². The molecule has 0 N–H and O–H groups in total. The summed E-state index contributed by atoms with van der Waals surface area (Å²) in [6, 6.07) is 13.9. The fraction of sp³-hybridized carbons (Fsp3) is 0.0625. The molecule has 0 saturated heterocycles. The first-order valence-corrected chi connectivity index (χ1v) is 6.43. The molecule has 0 saturated carbocycles. The molecule has 0 bridgehead atoms. The third-order valence-corrected chi connectivity index (χ3v) is 3.28. The highest BCUT2D eigenvalue weighted by Crippen LogP contribution is 2.26. The van der Waals surface area contributed by atoms with Gasteiger partial charge in [0.1, 0.15) is 0 Å². The molecule has 0 amide bonds. The second-order valence-electron chi connectivity index (χ2n) is 4.64. The summed E-state index contributed by atoms with van der Waals surface area (Å²) in [5.41, 5.74) is 1.15. The van der Waals surface area contributed by atoms with Crippen molar-refractivity contribution in [2.24, 2.45) is 0 Å². The molecule has 0 unspecified atom stereocenters. The molecule has 2 aromatic carbocycles. The molecule has 0 aliphatic rings. The smallest absolute Gasteiger partial charge is 0.338 e. The van der Waals surface area contributed by atoms with Crippen molar-refractivity contribution in [1.29, 1.82) is 0 Å². The maximum absolute atomic E-state index is 11.0. The number of aromatic nitrogens is 1. The zero-order valence-electron chi connectivity index (χ0n) is 11.3. The Balaban J connectivity index is 2.05. The second-order valence-corrected chi connectivity index (χ2v) is 4.64. The molecule has 5 heteroatoms. The van der Waals surface area contributed by atoms with Gasteiger partial charge < -0.3 is 4.52 Å². The number of nitrogens with zero attached hydrogens (tertiary/aromatic N) is 2. The Hall–Kier alpha value is -2.95. The van der Waals surface area contributed by atoms with E-state index in [1.54, 1.807) is 19.1 Å². The van der Waals surface area contributed by atoms with E-state index >= 15 is 0 Å². The molecule has 0 aliphatic heterocycles. The summed E-state index contributed by atoms with van der Waals surface area (Å²) < 4.78 is 5.01. The molecule has 0 aliphatic carbocycles. The summed E-state index contributed by atoms with van der Waals surface area (Å²) in [6.45, 7) is 1.55. The molecule has 3 aromatic rings. The summed E-state index contributed by atoms with van der Waals surface area (Å²) in [4.78, 5) is 10.5. The van der Waals surface area contributed by atoms with Crippen LogP contribution in [0.3, 0.4) is 0 Å². The van der Waals surface area contributed by atoms with E-state index in [-0.39, 0.29) is 17.1 Å². The highest BCUT2D eigenvalue weighted by atomic mass is 16.6. The minimum absolute atomic E-state index is 0.0912. The third-order valence-electron chi connectivity index (χ3n) is 3.28.